The van der Waals surface area contributed by atoms with Gasteiger partial charge in [0.15, 0.2) is 0 Å². The normalized spacial score (nSPS) is 11.8. The summed E-state index contributed by atoms with van der Waals surface area (Å²) in [5.74, 6) is 0.488. The largest absolute Gasteiger partial charge is 0.254 e. The predicted octanol–water partition coefficient (Wildman–Crippen LogP) is 3.17. The van der Waals surface area contributed by atoms with Crippen LogP contribution in [0.5, 0.6) is 0 Å². The second-order valence-electron chi connectivity index (χ2n) is 4.06. The second-order valence-corrected chi connectivity index (χ2v) is 5.51. The maximum absolute atomic E-state index is 12.2. The zero-order chi connectivity index (χ0) is 13.0. The van der Waals surface area contributed by atoms with Crippen molar-refractivity contribution in [3.63, 3.8) is 0 Å². The fraction of sp³-hybridized carbons (Fsp3) is 0.133. The third-order valence-electron chi connectivity index (χ3n) is 2.76. The maximum Gasteiger partial charge on any atom is 0.0991 e. The molecule has 0 N–H and O–H groups in total. The molecule has 2 aromatic rings. The summed E-state index contributed by atoms with van der Waals surface area (Å²) in [7, 11) is -1.04. The summed E-state index contributed by atoms with van der Waals surface area (Å²) in [5.41, 5.74) is 2.68. The van der Waals surface area contributed by atoms with E-state index >= 15 is 0 Å². The first kappa shape index (κ1) is 12.5. The predicted molar refractivity (Wildman–Crippen MR) is 72.4 cm³/mol. The fourth-order valence-electron chi connectivity index (χ4n) is 1.72. The van der Waals surface area contributed by atoms with Gasteiger partial charge in [0.05, 0.1) is 28.2 Å². The molecule has 0 spiro atoms. The molecule has 2 aromatic carbocycles. The van der Waals surface area contributed by atoms with E-state index in [0.29, 0.717) is 11.3 Å². The molecule has 0 heterocycles. The Kier molecular flexibility index (Phi) is 3.91. The molecule has 1 atom stereocenters. The Labute approximate surface area is 109 Å². The van der Waals surface area contributed by atoms with Gasteiger partial charge in [0.2, 0.25) is 0 Å². The van der Waals surface area contributed by atoms with Crippen LogP contribution >= 0.6 is 0 Å². The van der Waals surface area contributed by atoms with Crippen LogP contribution in [0.15, 0.2) is 53.4 Å². The van der Waals surface area contributed by atoms with Crippen LogP contribution in [0.25, 0.3) is 0 Å². The average Bonchev–Trinajstić information content (AvgIpc) is 2.42. The standard InChI is InChI=1S/C15H13NOS/c1-12-9-13(10-16)7-8-14(12)11-18(17)15-5-3-2-4-6-15/h2-9H,11H2,1H3. The van der Waals surface area contributed by atoms with Crippen molar-refractivity contribution in [1.29, 1.82) is 5.26 Å². The Morgan fingerprint density at radius 1 is 1.17 bits per heavy atom. The van der Waals surface area contributed by atoms with Gasteiger partial charge < -0.3 is 0 Å². The third kappa shape index (κ3) is 2.85. The average molecular weight is 255 g/mol. The van der Waals surface area contributed by atoms with Gasteiger partial charge in [-0.05, 0) is 42.3 Å². The zero-order valence-corrected chi connectivity index (χ0v) is 10.9. The van der Waals surface area contributed by atoms with E-state index in [1.54, 1.807) is 6.07 Å². The summed E-state index contributed by atoms with van der Waals surface area (Å²) < 4.78 is 12.2. The van der Waals surface area contributed by atoms with E-state index in [0.717, 1.165) is 16.0 Å². The molecule has 0 aromatic heterocycles. The van der Waals surface area contributed by atoms with Gasteiger partial charge >= 0.3 is 0 Å². The highest BCUT2D eigenvalue weighted by molar-refractivity contribution is 7.84. The molecule has 0 aliphatic carbocycles. The molecular weight excluding hydrogens is 242 g/mol. The first-order valence-corrected chi connectivity index (χ1v) is 6.95. The van der Waals surface area contributed by atoms with Crippen molar-refractivity contribution in [3.05, 3.63) is 65.2 Å². The summed E-state index contributed by atoms with van der Waals surface area (Å²) in [6.07, 6.45) is 0. The minimum absolute atomic E-state index is 0.488. The molecule has 90 valence electrons. The van der Waals surface area contributed by atoms with Gasteiger partial charge in [-0.25, -0.2) is 0 Å². The van der Waals surface area contributed by atoms with E-state index in [4.69, 9.17) is 5.26 Å². The Morgan fingerprint density at radius 2 is 1.89 bits per heavy atom. The summed E-state index contributed by atoms with van der Waals surface area (Å²) in [5, 5.41) is 8.80. The van der Waals surface area contributed by atoms with Crippen LogP contribution in [0.3, 0.4) is 0 Å². The molecule has 2 nitrogen and oxygen atoms in total. The van der Waals surface area contributed by atoms with Crippen LogP contribution in [0.4, 0.5) is 0 Å². The van der Waals surface area contributed by atoms with Gasteiger partial charge in [-0.2, -0.15) is 5.26 Å². The lowest BCUT2D eigenvalue weighted by Crippen LogP contribution is -1.98. The van der Waals surface area contributed by atoms with Crippen molar-refractivity contribution < 1.29 is 4.21 Å². The van der Waals surface area contributed by atoms with E-state index in [1.807, 2.05) is 49.4 Å². The fourth-order valence-corrected chi connectivity index (χ4v) is 2.96. The molecule has 2 rings (SSSR count). The Bertz CT molecular complexity index is 614. The molecule has 0 fully saturated rings. The van der Waals surface area contributed by atoms with Crippen molar-refractivity contribution in [2.24, 2.45) is 0 Å². The number of nitrogens with zero attached hydrogens (tertiary/aromatic N) is 1. The molecule has 3 heteroatoms. The number of hydrogen-bond acceptors (Lipinski definition) is 2. The molecule has 18 heavy (non-hydrogen) atoms. The van der Waals surface area contributed by atoms with Crippen LogP contribution < -0.4 is 0 Å². The van der Waals surface area contributed by atoms with E-state index < -0.39 is 10.8 Å². The van der Waals surface area contributed by atoms with Crippen LogP contribution in [0, 0.1) is 18.3 Å². The lowest BCUT2D eigenvalue weighted by atomic mass is 10.1. The summed E-state index contributed by atoms with van der Waals surface area (Å²) >= 11 is 0. The van der Waals surface area contributed by atoms with Gasteiger partial charge in [0, 0.05) is 4.90 Å². The van der Waals surface area contributed by atoms with E-state index in [2.05, 4.69) is 6.07 Å². The molecule has 0 amide bonds. The molecule has 1 unspecified atom stereocenters. The van der Waals surface area contributed by atoms with Gasteiger partial charge in [0.25, 0.3) is 0 Å². The van der Waals surface area contributed by atoms with E-state index in [-0.39, 0.29) is 0 Å². The minimum Gasteiger partial charge on any atom is -0.254 e. The number of nitriles is 1. The number of rotatable bonds is 3. The van der Waals surface area contributed by atoms with Gasteiger partial charge in [-0.1, -0.05) is 24.3 Å². The van der Waals surface area contributed by atoms with Crippen LogP contribution in [0.1, 0.15) is 16.7 Å². The van der Waals surface area contributed by atoms with Crippen molar-refractivity contribution >= 4 is 10.8 Å². The summed E-state index contributed by atoms with van der Waals surface area (Å²) in [6.45, 7) is 1.94. The van der Waals surface area contributed by atoms with E-state index in [9.17, 15) is 4.21 Å². The maximum atomic E-state index is 12.2. The third-order valence-corrected chi connectivity index (χ3v) is 4.14. The second kappa shape index (κ2) is 5.61. The number of hydrogen-bond donors (Lipinski definition) is 0. The quantitative estimate of drug-likeness (QED) is 0.845. The molecule has 0 aliphatic heterocycles. The Hall–Kier alpha value is -1.92. The van der Waals surface area contributed by atoms with Crippen LogP contribution in [-0.2, 0) is 16.6 Å². The number of benzene rings is 2. The molecule has 0 saturated carbocycles. The topological polar surface area (TPSA) is 40.9 Å². The summed E-state index contributed by atoms with van der Waals surface area (Å²) in [4.78, 5) is 0.834. The highest BCUT2D eigenvalue weighted by Crippen LogP contribution is 2.16. The van der Waals surface area contributed by atoms with Crippen molar-refractivity contribution in [2.45, 2.75) is 17.6 Å². The highest BCUT2D eigenvalue weighted by Gasteiger charge is 2.07. The molecule has 0 bridgehead atoms. The van der Waals surface area contributed by atoms with Crippen molar-refractivity contribution in [1.82, 2.24) is 0 Å². The van der Waals surface area contributed by atoms with Gasteiger partial charge in [-0.3, -0.25) is 4.21 Å². The van der Waals surface area contributed by atoms with Gasteiger partial charge in [0.1, 0.15) is 0 Å². The van der Waals surface area contributed by atoms with Gasteiger partial charge in [-0.15, -0.1) is 0 Å². The monoisotopic (exact) mass is 255 g/mol. The molecule has 0 saturated heterocycles. The first-order chi connectivity index (χ1) is 8.70. The SMILES string of the molecule is Cc1cc(C#N)ccc1CS(=O)c1ccccc1. The minimum atomic E-state index is -1.04. The van der Waals surface area contributed by atoms with Crippen LogP contribution in [-0.4, -0.2) is 4.21 Å². The zero-order valence-electron chi connectivity index (χ0n) is 10.1. The number of aryl methyl sites for hydroxylation is 1. The Balaban J connectivity index is 2.20. The first-order valence-electron chi connectivity index (χ1n) is 5.64. The van der Waals surface area contributed by atoms with Crippen molar-refractivity contribution in [2.75, 3.05) is 0 Å². The molecule has 0 radical (unpaired) electrons. The highest BCUT2D eigenvalue weighted by atomic mass is 32.2. The molecular formula is C15H13NOS. The Morgan fingerprint density at radius 3 is 2.50 bits per heavy atom. The molecule has 0 aliphatic rings. The van der Waals surface area contributed by atoms with Crippen molar-refractivity contribution in [3.8, 4) is 6.07 Å². The summed E-state index contributed by atoms with van der Waals surface area (Å²) in [6, 6.07) is 17.0. The lowest BCUT2D eigenvalue weighted by Gasteiger charge is -2.06. The smallest absolute Gasteiger partial charge is 0.0991 e. The lowest BCUT2D eigenvalue weighted by molar-refractivity contribution is 0.682. The van der Waals surface area contributed by atoms with Crippen LogP contribution in [0.2, 0.25) is 0 Å². The van der Waals surface area contributed by atoms with E-state index in [1.165, 1.54) is 0 Å².